The maximum absolute atomic E-state index is 11.5. The second kappa shape index (κ2) is 5.49. The van der Waals surface area contributed by atoms with Crippen molar-refractivity contribution < 1.29 is 9.90 Å². The average Bonchev–Trinajstić information content (AvgIpc) is 2.63. The molecule has 0 aromatic carbocycles. The molecule has 0 spiro atoms. The van der Waals surface area contributed by atoms with Crippen LogP contribution in [0.4, 0.5) is 0 Å². The van der Waals surface area contributed by atoms with Crippen LogP contribution < -0.4 is 0 Å². The summed E-state index contributed by atoms with van der Waals surface area (Å²) in [5, 5.41) is 16.1. The van der Waals surface area contributed by atoms with E-state index in [1.54, 1.807) is 4.68 Å². The third kappa shape index (κ3) is 2.63. The zero-order valence-corrected chi connectivity index (χ0v) is 8.31. The molecule has 0 unspecified atom stereocenters. The predicted molar refractivity (Wildman–Crippen MR) is 51.0 cm³/mol. The van der Waals surface area contributed by atoms with Gasteiger partial charge in [0, 0.05) is 19.6 Å². The Kier molecular flexibility index (Phi) is 4.25. The Hall–Kier alpha value is -1.23. The van der Waals surface area contributed by atoms with Gasteiger partial charge in [0.05, 0.1) is 6.20 Å². The molecule has 1 N–H and O–H groups in total. The Balaban J connectivity index is 2.63. The number of aryl methyl sites for hydroxylation is 1. The van der Waals surface area contributed by atoms with Crippen molar-refractivity contribution >= 4 is 5.78 Å². The lowest BCUT2D eigenvalue weighted by molar-refractivity contribution is 0.0960. The van der Waals surface area contributed by atoms with E-state index in [1.165, 1.54) is 6.20 Å². The van der Waals surface area contributed by atoms with Crippen LogP contribution in [0.3, 0.4) is 0 Å². The number of hydrogen-bond acceptors (Lipinski definition) is 4. The smallest absolute Gasteiger partial charge is 0.182 e. The van der Waals surface area contributed by atoms with Crippen molar-refractivity contribution in [2.75, 3.05) is 6.61 Å². The third-order valence-corrected chi connectivity index (χ3v) is 1.90. The summed E-state index contributed by atoms with van der Waals surface area (Å²) in [6.45, 7) is 2.77. The standard InChI is InChI=1S/C9H15N3O2/c1-2-5-12-8(7-10-11-12)9(14)4-3-6-13/h7,13H,2-6H2,1H3. The van der Waals surface area contributed by atoms with Crippen LogP contribution in [0.15, 0.2) is 6.20 Å². The Bertz CT molecular complexity index is 296. The molecule has 5 nitrogen and oxygen atoms in total. The number of carbonyl (C=O) groups is 1. The number of carbonyl (C=O) groups excluding carboxylic acids is 1. The van der Waals surface area contributed by atoms with E-state index >= 15 is 0 Å². The van der Waals surface area contributed by atoms with E-state index in [4.69, 9.17) is 5.11 Å². The SMILES string of the molecule is CCCn1nncc1C(=O)CCCO. The van der Waals surface area contributed by atoms with Gasteiger partial charge in [0.1, 0.15) is 5.69 Å². The predicted octanol–water partition coefficient (Wildman–Crippen LogP) is 0.643. The van der Waals surface area contributed by atoms with Gasteiger partial charge in [-0.2, -0.15) is 0 Å². The summed E-state index contributed by atoms with van der Waals surface area (Å²) >= 11 is 0. The summed E-state index contributed by atoms with van der Waals surface area (Å²) < 4.78 is 1.61. The van der Waals surface area contributed by atoms with Crippen LogP contribution in [-0.2, 0) is 6.54 Å². The molecule has 0 saturated carbocycles. The second-order valence-corrected chi connectivity index (χ2v) is 3.09. The van der Waals surface area contributed by atoms with E-state index < -0.39 is 0 Å². The first kappa shape index (κ1) is 10.8. The van der Waals surface area contributed by atoms with Crippen LogP contribution in [0.1, 0.15) is 36.7 Å². The van der Waals surface area contributed by atoms with E-state index in [-0.39, 0.29) is 12.4 Å². The molecule has 78 valence electrons. The van der Waals surface area contributed by atoms with Gasteiger partial charge < -0.3 is 5.11 Å². The number of rotatable bonds is 6. The van der Waals surface area contributed by atoms with Gasteiger partial charge >= 0.3 is 0 Å². The first-order valence-corrected chi connectivity index (χ1v) is 4.82. The normalized spacial score (nSPS) is 10.4. The summed E-state index contributed by atoms with van der Waals surface area (Å²) in [6.07, 6.45) is 3.25. The number of aliphatic hydroxyl groups is 1. The van der Waals surface area contributed by atoms with Gasteiger partial charge in [0.25, 0.3) is 0 Å². The van der Waals surface area contributed by atoms with E-state index in [2.05, 4.69) is 10.3 Å². The van der Waals surface area contributed by atoms with Crippen LogP contribution in [0.5, 0.6) is 0 Å². The maximum atomic E-state index is 11.5. The van der Waals surface area contributed by atoms with Gasteiger partial charge in [-0.3, -0.25) is 4.79 Å². The molecule has 0 amide bonds. The number of hydrogen-bond donors (Lipinski definition) is 1. The summed E-state index contributed by atoms with van der Waals surface area (Å²) in [5.74, 6) is -0.00231. The molecule has 14 heavy (non-hydrogen) atoms. The molecule has 1 aromatic heterocycles. The number of aliphatic hydroxyl groups excluding tert-OH is 1. The summed E-state index contributed by atoms with van der Waals surface area (Å²) in [4.78, 5) is 11.5. The molecular formula is C9H15N3O2. The van der Waals surface area contributed by atoms with Crippen molar-refractivity contribution in [3.63, 3.8) is 0 Å². The van der Waals surface area contributed by atoms with E-state index in [0.29, 0.717) is 25.1 Å². The Labute approximate surface area is 82.7 Å². The van der Waals surface area contributed by atoms with Crippen LogP contribution in [0, 0.1) is 0 Å². The highest BCUT2D eigenvalue weighted by atomic mass is 16.3. The zero-order chi connectivity index (χ0) is 10.4. The largest absolute Gasteiger partial charge is 0.396 e. The van der Waals surface area contributed by atoms with Crippen LogP contribution in [-0.4, -0.2) is 32.5 Å². The fourth-order valence-corrected chi connectivity index (χ4v) is 1.22. The quantitative estimate of drug-likeness (QED) is 0.680. The number of Topliss-reactive ketones (excluding diaryl/α,β-unsaturated/α-hetero) is 1. The van der Waals surface area contributed by atoms with Crippen molar-refractivity contribution in [2.24, 2.45) is 0 Å². The summed E-state index contributed by atoms with van der Waals surface area (Å²) in [7, 11) is 0. The van der Waals surface area contributed by atoms with E-state index in [9.17, 15) is 4.79 Å². The molecule has 0 radical (unpaired) electrons. The van der Waals surface area contributed by atoms with Crippen LogP contribution >= 0.6 is 0 Å². The number of nitrogens with zero attached hydrogens (tertiary/aromatic N) is 3. The molecule has 0 saturated heterocycles. The fourth-order valence-electron chi connectivity index (χ4n) is 1.22. The number of ketones is 1. The van der Waals surface area contributed by atoms with Gasteiger partial charge in [-0.25, -0.2) is 4.68 Å². The molecule has 0 atom stereocenters. The Morgan fingerprint density at radius 3 is 3.07 bits per heavy atom. The highest BCUT2D eigenvalue weighted by molar-refractivity contribution is 5.94. The minimum Gasteiger partial charge on any atom is -0.396 e. The Morgan fingerprint density at radius 1 is 1.64 bits per heavy atom. The van der Waals surface area contributed by atoms with E-state index in [0.717, 1.165) is 6.42 Å². The molecule has 0 fully saturated rings. The Morgan fingerprint density at radius 2 is 2.43 bits per heavy atom. The molecule has 1 aromatic rings. The monoisotopic (exact) mass is 197 g/mol. The van der Waals surface area contributed by atoms with Gasteiger partial charge in [-0.05, 0) is 12.8 Å². The van der Waals surface area contributed by atoms with Gasteiger partial charge in [0.15, 0.2) is 5.78 Å². The molecule has 0 aliphatic carbocycles. The lowest BCUT2D eigenvalue weighted by atomic mass is 10.2. The average molecular weight is 197 g/mol. The minimum atomic E-state index is -0.00231. The molecule has 0 bridgehead atoms. The van der Waals surface area contributed by atoms with Crippen molar-refractivity contribution in [2.45, 2.75) is 32.7 Å². The maximum Gasteiger partial charge on any atom is 0.182 e. The molecule has 1 rings (SSSR count). The van der Waals surface area contributed by atoms with Gasteiger partial charge in [-0.1, -0.05) is 12.1 Å². The van der Waals surface area contributed by atoms with Crippen LogP contribution in [0.2, 0.25) is 0 Å². The third-order valence-electron chi connectivity index (χ3n) is 1.90. The van der Waals surface area contributed by atoms with Crippen molar-refractivity contribution in [3.8, 4) is 0 Å². The molecule has 0 aliphatic heterocycles. The fraction of sp³-hybridized carbons (Fsp3) is 0.667. The lowest BCUT2D eigenvalue weighted by Gasteiger charge is -2.02. The highest BCUT2D eigenvalue weighted by Crippen LogP contribution is 2.04. The number of aromatic nitrogens is 3. The second-order valence-electron chi connectivity index (χ2n) is 3.09. The summed E-state index contributed by atoms with van der Waals surface area (Å²) in [5.41, 5.74) is 0.542. The van der Waals surface area contributed by atoms with Crippen LogP contribution in [0.25, 0.3) is 0 Å². The van der Waals surface area contributed by atoms with Crippen molar-refractivity contribution in [3.05, 3.63) is 11.9 Å². The molecular weight excluding hydrogens is 182 g/mol. The van der Waals surface area contributed by atoms with Crippen molar-refractivity contribution in [1.29, 1.82) is 0 Å². The summed E-state index contributed by atoms with van der Waals surface area (Å²) in [6, 6.07) is 0. The van der Waals surface area contributed by atoms with E-state index in [1.807, 2.05) is 6.92 Å². The van der Waals surface area contributed by atoms with Gasteiger partial charge in [0.2, 0.25) is 0 Å². The topological polar surface area (TPSA) is 68.0 Å². The molecule has 1 heterocycles. The lowest BCUT2D eigenvalue weighted by Crippen LogP contribution is -2.10. The molecule has 5 heteroatoms. The first-order chi connectivity index (χ1) is 6.79. The van der Waals surface area contributed by atoms with Crippen molar-refractivity contribution in [1.82, 2.24) is 15.0 Å². The molecule has 0 aliphatic rings. The first-order valence-electron chi connectivity index (χ1n) is 4.82. The van der Waals surface area contributed by atoms with Gasteiger partial charge in [-0.15, -0.1) is 5.10 Å². The highest BCUT2D eigenvalue weighted by Gasteiger charge is 2.11. The zero-order valence-electron chi connectivity index (χ0n) is 8.31. The minimum absolute atomic E-state index is 0.00231.